The van der Waals surface area contributed by atoms with Gasteiger partial charge in [0.25, 0.3) is 0 Å². The first-order valence-electron chi connectivity index (χ1n) is 9.41. The third kappa shape index (κ3) is 4.88. The van der Waals surface area contributed by atoms with Crippen LogP contribution in [0.3, 0.4) is 0 Å². The second kappa shape index (κ2) is 9.34. The quantitative estimate of drug-likeness (QED) is 0.416. The number of hydrogen-bond donors (Lipinski definition) is 1. The molecule has 1 aliphatic carbocycles. The number of guanidine groups is 1. The van der Waals surface area contributed by atoms with Gasteiger partial charge in [0.2, 0.25) is 5.95 Å². The second-order valence-electron chi connectivity index (χ2n) is 7.17. The van der Waals surface area contributed by atoms with E-state index in [2.05, 4.69) is 55.1 Å². The topological polar surface area (TPSA) is 70.6 Å². The van der Waals surface area contributed by atoms with Gasteiger partial charge in [-0.15, -0.1) is 24.0 Å². The lowest BCUT2D eigenvalue weighted by Crippen LogP contribution is -2.51. The summed E-state index contributed by atoms with van der Waals surface area (Å²) in [6.45, 7) is 4.33. The minimum absolute atomic E-state index is 0. The molecular weight excluding hydrogens is 451 g/mol. The van der Waals surface area contributed by atoms with Crippen molar-refractivity contribution in [2.75, 3.05) is 37.6 Å². The summed E-state index contributed by atoms with van der Waals surface area (Å²) < 4.78 is 0. The predicted octanol–water partition coefficient (Wildman–Crippen LogP) is 2.73. The Balaban J connectivity index is 0.00000210. The summed E-state index contributed by atoms with van der Waals surface area (Å²) in [4.78, 5) is 17.7. The Bertz CT molecular complexity index is 725. The molecule has 1 saturated carbocycles. The van der Waals surface area contributed by atoms with Crippen LogP contribution in [0.15, 0.2) is 53.8 Å². The zero-order valence-corrected chi connectivity index (χ0v) is 17.8. The first-order valence-corrected chi connectivity index (χ1v) is 9.41. The highest BCUT2D eigenvalue weighted by Gasteiger charge is 2.30. The third-order valence-corrected chi connectivity index (χ3v) is 5.46. The highest BCUT2D eigenvalue weighted by atomic mass is 127. The number of anilines is 1. The molecule has 1 aromatic heterocycles. The van der Waals surface area contributed by atoms with E-state index in [1.54, 1.807) is 12.4 Å². The minimum Gasteiger partial charge on any atom is -0.370 e. The van der Waals surface area contributed by atoms with Crippen LogP contribution < -0.4 is 10.6 Å². The Kier molecular flexibility index (Phi) is 6.87. The number of hydrogen-bond acceptors (Lipinski definition) is 4. The molecule has 1 saturated heterocycles. The normalized spacial score (nSPS) is 22.7. The molecule has 4 rings (SSSR count). The fraction of sp³-hybridized carbons (Fsp3) is 0.450. The van der Waals surface area contributed by atoms with E-state index >= 15 is 0 Å². The van der Waals surface area contributed by atoms with Crippen LogP contribution >= 0.6 is 24.0 Å². The van der Waals surface area contributed by atoms with Gasteiger partial charge in [-0.3, -0.25) is 4.99 Å². The number of benzene rings is 1. The van der Waals surface area contributed by atoms with Gasteiger partial charge in [-0.1, -0.05) is 30.3 Å². The van der Waals surface area contributed by atoms with Crippen molar-refractivity contribution < 1.29 is 0 Å². The minimum atomic E-state index is 0. The largest absolute Gasteiger partial charge is 0.370 e. The molecule has 2 aromatic rings. The fourth-order valence-electron chi connectivity index (χ4n) is 3.79. The van der Waals surface area contributed by atoms with Crippen LogP contribution in [0, 0.1) is 5.92 Å². The smallest absolute Gasteiger partial charge is 0.225 e. The summed E-state index contributed by atoms with van der Waals surface area (Å²) in [5.41, 5.74) is 7.69. The molecule has 2 fully saturated rings. The molecule has 0 spiro atoms. The van der Waals surface area contributed by atoms with Crippen LogP contribution in [-0.2, 0) is 0 Å². The fourth-order valence-corrected chi connectivity index (χ4v) is 3.79. The number of halogens is 1. The van der Waals surface area contributed by atoms with Crippen LogP contribution in [0.1, 0.15) is 24.3 Å². The molecule has 0 atom stereocenters. The Labute approximate surface area is 177 Å². The van der Waals surface area contributed by atoms with Crippen molar-refractivity contribution >= 4 is 35.9 Å². The Morgan fingerprint density at radius 2 is 1.67 bits per heavy atom. The van der Waals surface area contributed by atoms with Crippen molar-refractivity contribution in [3.63, 3.8) is 0 Å². The lowest BCUT2D eigenvalue weighted by molar-refractivity contribution is 0.271. The van der Waals surface area contributed by atoms with E-state index in [-0.39, 0.29) is 24.0 Å². The predicted molar refractivity (Wildman–Crippen MR) is 120 cm³/mol. The van der Waals surface area contributed by atoms with Crippen LogP contribution in [0.4, 0.5) is 5.95 Å². The Morgan fingerprint density at radius 3 is 2.33 bits per heavy atom. The van der Waals surface area contributed by atoms with Crippen molar-refractivity contribution in [1.82, 2.24) is 14.9 Å². The summed E-state index contributed by atoms with van der Waals surface area (Å²) >= 11 is 0. The molecular formula is C20H27IN6. The van der Waals surface area contributed by atoms with Gasteiger partial charge in [0.15, 0.2) is 5.96 Å². The zero-order valence-electron chi connectivity index (χ0n) is 15.4. The van der Waals surface area contributed by atoms with E-state index in [1.165, 1.54) is 18.4 Å². The first kappa shape index (κ1) is 19.9. The van der Waals surface area contributed by atoms with Crippen molar-refractivity contribution in [1.29, 1.82) is 0 Å². The molecule has 0 radical (unpaired) electrons. The number of nitrogens with zero attached hydrogens (tertiary/aromatic N) is 5. The Hall–Kier alpha value is -1.90. The highest BCUT2D eigenvalue weighted by Crippen LogP contribution is 2.41. The molecule has 0 unspecified atom stereocenters. The van der Waals surface area contributed by atoms with Gasteiger partial charge < -0.3 is 15.5 Å². The van der Waals surface area contributed by atoms with Crippen molar-refractivity contribution in [3.8, 4) is 0 Å². The second-order valence-corrected chi connectivity index (χ2v) is 7.17. The summed E-state index contributed by atoms with van der Waals surface area (Å²) in [6.07, 6.45) is 6.01. The number of rotatable bonds is 4. The summed E-state index contributed by atoms with van der Waals surface area (Å²) in [5.74, 6) is 2.84. The average molecular weight is 478 g/mol. The standard InChI is InChI=1S/C20H26N6.HI/c21-19(24-15-16-13-18(14-16)17-5-2-1-3-6-17)25-9-11-26(12-10-25)20-22-7-4-8-23-20;/h1-8,16,18H,9-15H2,(H2,21,24);1H. The zero-order chi connectivity index (χ0) is 17.8. The molecule has 7 heteroatoms. The highest BCUT2D eigenvalue weighted by molar-refractivity contribution is 14.0. The van der Waals surface area contributed by atoms with Crippen LogP contribution in [0.2, 0.25) is 0 Å². The van der Waals surface area contributed by atoms with Crippen LogP contribution in [-0.4, -0.2) is 53.6 Å². The summed E-state index contributed by atoms with van der Waals surface area (Å²) in [5, 5.41) is 0. The van der Waals surface area contributed by atoms with Gasteiger partial charge in [-0.2, -0.15) is 0 Å². The summed E-state index contributed by atoms with van der Waals surface area (Å²) in [6, 6.07) is 12.6. The van der Waals surface area contributed by atoms with Crippen LogP contribution in [0.25, 0.3) is 0 Å². The molecule has 0 amide bonds. The van der Waals surface area contributed by atoms with Crippen molar-refractivity contribution in [2.24, 2.45) is 16.6 Å². The van der Waals surface area contributed by atoms with Gasteiger partial charge in [0, 0.05) is 45.1 Å². The summed E-state index contributed by atoms with van der Waals surface area (Å²) in [7, 11) is 0. The third-order valence-electron chi connectivity index (χ3n) is 5.46. The van der Waals surface area contributed by atoms with E-state index in [0.29, 0.717) is 17.8 Å². The first-order chi connectivity index (χ1) is 12.8. The van der Waals surface area contributed by atoms with E-state index < -0.39 is 0 Å². The van der Waals surface area contributed by atoms with Crippen LogP contribution in [0.5, 0.6) is 0 Å². The lowest BCUT2D eigenvalue weighted by atomic mass is 9.71. The van der Waals surface area contributed by atoms with E-state index in [9.17, 15) is 0 Å². The van der Waals surface area contributed by atoms with E-state index in [4.69, 9.17) is 5.73 Å². The number of aliphatic imine (C=N–C) groups is 1. The molecule has 144 valence electrons. The van der Waals surface area contributed by atoms with Gasteiger partial charge >= 0.3 is 0 Å². The van der Waals surface area contributed by atoms with Crippen molar-refractivity contribution in [3.05, 3.63) is 54.4 Å². The maximum atomic E-state index is 6.23. The van der Waals surface area contributed by atoms with Gasteiger partial charge in [0.05, 0.1) is 0 Å². The SMILES string of the molecule is I.NC(=NCC1CC(c2ccccc2)C1)N1CCN(c2ncccn2)CC1. The maximum absolute atomic E-state index is 6.23. The molecule has 6 nitrogen and oxygen atoms in total. The molecule has 2 heterocycles. The monoisotopic (exact) mass is 478 g/mol. The van der Waals surface area contributed by atoms with Gasteiger partial charge in [0.1, 0.15) is 0 Å². The molecule has 1 aliphatic heterocycles. The molecule has 1 aromatic carbocycles. The number of piperazine rings is 1. The van der Waals surface area contributed by atoms with Gasteiger partial charge in [-0.05, 0) is 36.3 Å². The van der Waals surface area contributed by atoms with Gasteiger partial charge in [-0.25, -0.2) is 9.97 Å². The lowest BCUT2D eigenvalue weighted by Gasteiger charge is -2.36. The number of nitrogens with two attached hydrogens (primary N) is 1. The van der Waals surface area contributed by atoms with Crippen molar-refractivity contribution in [2.45, 2.75) is 18.8 Å². The molecule has 0 bridgehead atoms. The average Bonchev–Trinajstić information content (AvgIpc) is 2.68. The maximum Gasteiger partial charge on any atom is 0.225 e. The van der Waals surface area contributed by atoms with E-state index in [0.717, 1.165) is 38.7 Å². The molecule has 2 N–H and O–H groups in total. The van der Waals surface area contributed by atoms with E-state index in [1.807, 2.05) is 6.07 Å². The molecule has 2 aliphatic rings. The Morgan fingerprint density at radius 1 is 1.00 bits per heavy atom. The number of aromatic nitrogens is 2. The molecule has 27 heavy (non-hydrogen) atoms.